The molecule has 15 nitrogen and oxygen atoms in total. The van der Waals surface area contributed by atoms with Crippen LogP contribution in [-0.2, 0) is 24.4 Å². The van der Waals surface area contributed by atoms with Gasteiger partial charge in [-0.1, -0.05) is 26.0 Å². The predicted octanol–water partition coefficient (Wildman–Crippen LogP) is 3.77. The van der Waals surface area contributed by atoms with Gasteiger partial charge in [-0.3, -0.25) is 23.9 Å². The summed E-state index contributed by atoms with van der Waals surface area (Å²) in [6.45, 7) is 5.31. The standard InChI is InChI=1S/C44H55N7O8S/c1-26-8-6-7-9-29-24-44(29,43(55)48-60(56,57)32-14-15-32)47-40(53)36-23-31(59-41-34-16-17-35-38(33(34)18-19-45-41)58-21-20-50(35)5)25-51(36)42(54)37(27(2)22-26)46-39(52)28-10-12-30(13-11-28)49(3)4/h7,9-13,16-19,26-27,29,31-32,36-37H,6,8,14-15,20-25H2,1-5H3,(H,46,52)(H,47,53)(H,48,55). The summed E-state index contributed by atoms with van der Waals surface area (Å²) < 4.78 is 40.9. The first-order valence-electron chi connectivity index (χ1n) is 21.0. The molecule has 3 fully saturated rings. The van der Waals surface area contributed by atoms with Crippen molar-refractivity contribution in [3.05, 3.63) is 66.4 Å². The first-order chi connectivity index (χ1) is 28.6. The molecule has 8 rings (SSSR count). The molecule has 1 aromatic heterocycles. The Morgan fingerprint density at radius 3 is 2.52 bits per heavy atom. The summed E-state index contributed by atoms with van der Waals surface area (Å²) in [4.78, 5) is 67.6. The van der Waals surface area contributed by atoms with E-state index in [2.05, 4.69) is 32.2 Å². The zero-order valence-electron chi connectivity index (χ0n) is 34.8. The first-order valence-corrected chi connectivity index (χ1v) is 22.6. The number of benzene rings is 2. The normalized spacial score (nSPS) is 28.2. The zero-order chi connectivity index (χ0) is 42.5. The van der Waals surface area contributed by atoms with E-state index < -0.39 is 68.5 Å². The number of rotatable bonds is 8. The number of pyridine rings is 1. The summed E-state index contributed by atoms with van der Waals surface area (Å²) in [5, 5.41) is 6.87. The maximum absolute atomic E-state index is 15.1. The molecule has 2 saturated carbocycles. The van der Waals surface area contributed by atoms with E-state index in [1.807, 2.05) is 75.5 Å². The Morgan fingerprint density at radius 2 is 1.78 bits per heavy atom. The lowest BCUT2D eigenvalue weighted by Gasteiger charge is -2.33. The third-order valence-electron chi connectivity index (χ3n) is 12.8. The van der Waals surface area contributed by atoms with E-state index >= 15 is 4.79 Å². The van der Waals surface area contributed by atoms with Crippen molar-refractivity contribution in [2.45, 2.75) is 87.8 Å². The highest BCUT2D eigenvalue weighted by Gasteiger charge is 2.62. The number of likely N-dealkylation sites (N-methyl/N-ethyl adjacent to an activating group) is 1. The number of sulfonamides is 1. The van der Waals surface area contributed by atoms with Crippen molar-refractivity contribution in [3.63, 3.8) is 0 Å². The summed E-state index contributed by atoms with van der Waals surface area (Å²) >= 11 is 0. The van der Waals surface area contributed by atoms with Crippen molar-refractivity contribution < 1.29 is 37.1 Å². The summed E-state index contributed by atoms with van der Waals surface area (Å²) in [5.41, 5.74) is 0.735. The predicted molar refractivity (Wildman–Crippen MR) is 227 cm³/mol. The number of nitrogens with one attached hydrogen (secondary N) is 3. The molecule has 4 heterocycles. The molecule has 0 radical (unpaired) electrons. The number of allylic oxidation sites excluding steroid dienone is 1. The number of hydrogen-bond donors (Lipinski definition) is 3. The van der Waals surface area contributed by atoms with Gasteiger partial charge >= 0.3 is 0 Å². The van der Waals surface area contributed by atoms with Crippen LogP contribution in [0.3, 0.4) is 0 Å². The molecule has 1 saturated heterocycles. The molecule has 3 aliphatic heterocycles. The number of aromatic nitrogens is 1. The van der Waals surface area contributed by atoms with Gasteiger partial charge in [0.15, 0.2) is 5.75 Å². The quantitative estimate of drug-likeness (QED) is 0.281. The van der Waals surface area contributed by atoms with Crippen molar-refractivity contribution in [1.82, 2.24) is 25.2 Å². The molecule has 7 atom stereocenters. The van der Waals surface area contributed by atoms with Crippen LogP contribution in [0.2, 0.25) is 0 Å². The fourth-order valence-corrected chi connectivity index (χ4v) is 10.3. The topological polar surface area (TPSA) is 180 Å². The Bertz CT molecular complexity index is 2320. The van der Waals surface area contributed by atoms with Gasteiger partial charge in [0.05, 0.1) is 24.0 Å². The number of fused-ring (bicyclic) bond motifs is 5. The monoisotopic (exact) mass is 841 g/mol. The van der Waals surface area contributed by atoms with E-state index in [4.69, 9.17) is 9.47 Å². The average molecular weight is 842 g/mol. The fraction of sp³-hybridized carbons (Fsp3) is 0.523. The lowest BCUT2D eigenvalue weighted by atomic mass is 9.87. The molecule has 60 heavy (non-hydrogen) atoms. The second kappa shape index (κ2) is 16.2. The van der Waals surface area contributed by atoms with Crippen LogP contribution < -0.4 is 34.6 Å². The third kappa shape index (κ3) is 8.22. The molecule has 0 spiro atoms. The van der Waals surface area contributed by atoms with E-state index in [-0.39, 0.29) is 31.2 Å². The molecule has 16 heteroatoms. The van der Waals surface area contributed by atoms with Crippen molar-refractivity contribution >= 4 is 55.8 Å². The van der Waals surface area contributed by atoms with Crippen LogP contribution >= 0.6 is 0 Å². The molecule has 2 aliphatic carbocycles. The highest BCUT2D eigenvalue weighted by atomic mass is 32.2. The Morgan fingerprint density at radius 1 is 1.02 bits per heavy atom. The Labute approximate surface area is 351 Å². The number of carbonyl (C=O) groups excluding carboxylic acids is 4. The Balaban J connectivity index is 1.13. The van der Waals surface area contributed by atoms with E-state index in [0.29, 0.717) is 49.1 Å². The molecule has 2 aromatic carbocycles. The Hall–Kier alpha value is -5.38. The molecule has 0 bridgehead atoms. The van der Waals surface area contributed by atoms with E-state index in [1.54, 1.807) is 18.3 Å². The smallest absolute Gasteiger partial charge is 0.259 e. The maximum Gasteiger partial charge on any atom is 0.259 e. The zero-order valence-corrected chi connectivity index (χ0v) is 35.7. The van der Waals surface area contributed by atoms with Gasteiger partial charge in [-0.05, 0) is 92.8 Å². The van der Waals surface area contributed by atoms with Gasteiger partial charge in [-0.15, -0.1) is 0 Å². The molecule has 320 valence electrons. The largest absolute Gasteiger partial charge is 0.489 e. The lowest BCUT2D eigenvalue weighted by Crippen LogP contribution is -2.59. The number of amides is 4. The molecular formula is C44H55N7O8S. The van der Waals surface area contributed by atoms with Gasteiger partial charge in [0, 0.05) is 61.7 Å². The molecular weight excluding hydrogens is 787 g/mol. The first kappa shape index (κ1) is 41.4. The number of hydrogen-bond acceptors (Lipinski definition) is 11. The molecule has 7 unspecified atom stereocenters. The minimum atomic E-state index is -3.91. The number of ether oxygens (including phenoxy) is 2. The van der Waals surface area contributed by atoms with Gasteiger partial charge < -0.3 is 34.8 Å². The van der Waals surface area contributed by atoms with Crippen molar-refractivity contribution in [2.24, 2.45) is 17.8 Å². The van der Waals surface area contributed by atoms with Crippen LogP contribution in [0.15, 0.2) is 60.8 Å². The second-order valence-electron chi connectivity index (χ2n) is 17.5. The SMILES string of the molecule is CC1CCC=CC2CC2(C(=O)NS(=O)(=O)C2CC2)NC(=O)C2CC(Oc3nccc4c5c(ccc34)N(C)CCO5)CN2C(=O)C(NC(=O)c2ccc(N(C)C)cc2)C(C)C1. The third-order valence-corrected chi connectivity index (χ3v) is 14.6. The number of nitrogens with zero attached hydrogens (tertiary/aromatic N) is 4. The van der Waals surface area contributed by atoms with Crippen LogP contribution in [0.1, 0.15) is 69.2 Å². The Kier molecular flexibility index (Phi) is 11.2. The number of anilines is 2. The number of carbonyl (C=O) groups is 4. The minimum Gasteiger partial charge on any atom is -0.489 e. The second-order valence-corrected chi connectivity index (χ2v) is 19.5. The minimum absolute atomic E-state index is 0.00999. The van der Waals surface area contributed by atoms with E-state index in [1.165, 1.54) is 4.90 Å². The summed E-state index contributed by atoms with van der Waals surface area (Å²) in [5.74, 6) is -1.83. The van der Waals surface area contributed by atoms with Crippen LogP contribution in [0.4, 0.5) is 11.4 Å². The molecule has 3 N–H and O–H groups in total. The van der Waals surface area contributed by atoms with Gasteiger partial charge in [-0.2, -0.15) is 0 Å². The van der Waals surface area contributed by atoms with Gasteiger partial charge in [-0.25, -0.2) is 13.4 Å². The summed E-state index contributed by atoms with van der Waals surface area (Å²) in [6.07, 6.45) is 8.08. The van der Waals surface area contributed by atoms with Crippen LogP contribution in [0.25, 0.3) is 10.8 Å². The van der Waals surface area contributed by atoms with Crippen molar-refractivity contribution in [3.8, 4) is 11.6 Å². The molecule has 4 amide bonds. The fourth-order valence-electron chi connectivity index (χ4n) is 8.93. The van der Waals surface area contributed by atoms with E-state index in [0.717, 1.165) is 35.5 Å². The van der Waals surface area contributed by atoms with Crippen LogP contribution in [0.5, 0.6) is 11.6 Å². The van der Waals surface area contributed by atoms with Crippen LogP contribution in [0, 0.1) is 17.8 Å². The molecule has 3 aromatic rings. The summed E-state index contributed by atoms with van der Waals surface area (Å²) in [7, 11) is 1.92. The van der Waals surface area contributed by atoms with Gasteiger partial charge in [0.2, 0.25) is 27.7 Å². The van der Waals surface area contributed by atoms with E-state index in [9.17, 15) is 22.8 Å². The van der Waals surface area contributed by atoms with Crippen molar-refractivity contribution in [1.29, 1.82) is 0 Å². The summed E-state index contributed by atoms with van der Waals surface area (Å²) in [6, 6.07) is 10.7. The van der Waals surface area contributed by atoms with Crippen LogP contribution in [-0.4, -0.2) is 112 Å². The highest BCUT2D eigenvalue weighted by Crippen LogP contribution is 2.46. The van der Waals surface area contributed by atoms with Gasteiger partial charge in [0.1, 0.15) is 30.3 Å². The highest BCUT2D eigenvalue weighted by molar-refractivity contribution is 7.91. The molecule has 5 aliphatic rings. The average Bonchev–Trinajstić information content (AvgIpc) is 4.15. The van der Waals surface area contributed by atoms with Gasteiger partial charge in [0.25, 0.3) is 11.8 Å². The van der Waals surface area contributed by atoms with Crippen molar-refractivity contribution in [2.75, 3.05) is 50.6 Å². The maximum atomic E-state index is 15.1. The lowest BCUT2D eigenvalue weighted by molar-refractivity contribution is -0.142.